The number of piperidine rings is 1. The van der Waals surface area contributed by atoms with E-state index in [1.807, 2.05) is 6.92 Å². The quantitative estimate of drug-likeness (QED) is 0.800. The van der Waals surface area contributed by atoms with E-state index in [1.165, 1.54) is 11.1 Å². The van der Waals surface area contributed by atoms with E-state index in [-0.39, 0.29) is 11.5 Å². The first-order chi connectivity index (χ1) is 10.7. The predicted octanol–water partition coefficient (Wildman–Crippen LogP) is 2.03. The van der Waals surface area contributed by atoms with Crippen molar-refractivity contribution in [3.8, 4) is 0 Å². The van der Waals surface area contributed by atoms with Crippen LogP contribution in [0.5, 0.6) is 0 Å². The molecule has 0 atom stereocenters. The van der Waals surface area contributed by atoms with Gasteiger partial charge < -0.3 is 4.74 Å². The lowest BCUT2D eigenvalue weighted by Gasteiger charge is -2.51. The fourth-order valence-corrected chi connectivity index (χ4v) is 4.02. The van der Waals surface area contributed by atoms with E-state index in [1.54, 1.807) is 0 Å². The molecular weight excluding hydrogens is 276 g/mol. The summed E-state index contributed by atoms with van der Waals surface area (Å²) in [5.74, 6) is -0.101. The molecule has 0 aliphatic carbocycles. The lowest BCUT2D eigenvalue weighted by Crippen LogP contribution is -2.55. The molecule has 0 amide bonds. The van der Waals surface area contributed by atoms with Crippen molar-refractivity contribution in [1.29, 1.82) is 0 Å². The molecule has 0 aromatic heterocycles. The summed E-state index contributed by atoms with van der Waals surface area (Å²) in [7, 11) is 2.25. The van der Waals surface area contributed by atoms with Gasteiger partial charge in [-0.05, 0) is 44.4 Å². The summed E-state index contributed by atoms with van der Waals surface area (Å²) in [5, 5.41) is 0. The number of benzene rings is 1. The Bertz CT molecular complexity index is 536. The zero-order valence-electron chi connectivity index (χ0n) is 13.7. The molecule has 2 aliphatic rings. The average molecular weight is 302 g/mol. The van der Waals surface area contributed by atoms with E-state index < -0.39 is 0 Å². The summed E-state index contributed by atoms with van der Waals surface area (Å²) in [6.45, 7) is 5.78. The minimum absolute atomic E-state index is 0.101. The van der Waals surface area contributed by atoms with Crippen molar-refractivity contribution >= 4 is 5.97 Å². The van der Waals surface area contributed by atoms with E-state index in [0.717, 1.165) is 38.9 Å². The van der Waals surface area contributed by atoms with Gasteiger partial charge in [-0.2, -0.15) is 0 Å². The first-order valence-electron chi connectivity index (χ1n) is 8.33. The highest BCUT2D eigenvalue weighted by atomic mass is 16.5. The van der Waals surface area contributed by atoms with Crippen LogP contribution >= 0.6 is 0 Å². The molecule has 1 fully saturated rings. The Kier molecular flexibility index (Phi) is 4.50. The Labute approximate surface area is 133 Å². The molecule has 1 aromatic rings. The molecule has 4 heteroatoms. The topological polar surface area (TPSA) is 32.8 Å². The second-order valence-corrected chi connectivity index (χ2v) is 6.44. The molecule has 2 heterocycles. The first-order valence-corrected chi connectivity index (χ1v) is 8.33. The molecule has 0 unspecified atom stereocenters. The SMILES string of the molecule is CCOC(=O)CN1CCC2(CC1)c1ccccc1CCN2C. The van der Waals surface area contributed by atoms with Crippen molar-refractivity contribution in [3.63, 3.8) is 0 Å². The number of fused-ring (bicyclic) bond motifs is 2. The molecule has 0 bridgehead atoms. The minimum atomic E-state index is -0.101. The maximum Gasteiger partial charge on any atom is 0.320 e. The highest BCUT2D eigenvalue weighted by Gasteiger charge is 2.42. The number of carbonyl (C=O) groups is 1. The van der Waals surface area contributed by atoms with Gasteiger partial charge in [0, 0.05) is 25.2 Å². The number of esters is 1. The van der Waals surface area contributed by atoms with Gasteiger partial charge in [0.2, 0.25) is 0 Å². The molecule has 2 aliphatic heterocycles. The molecular formula is C18H26N2O2. The van der Waals surface area contributed by atoms with Gasteiger partial charge >= 0.3 is 5.97 Å². The second kappa shape index (κ2) is 6.39. The number of hydrogen-bond donors (Lipinski definition) is 0. The Morgan fingerprint density at radius 3 is 2.68 bits per heavy atom. The van der Waals surface area contributed by atoms with Crippen molar-refractivity contribution in [1.82, 2.24) is 9.80 Å². The van der Waals surface area contributed by atoms with E-state index in [2.05, 4.69) is 41.1 Å². The van der Waals surface area contributed by atoms with Crippen LogP contribution in [0.15, 0.2) is 24.3 Å². The van der Waals surface area contributed by atoms with E-state index in [9.17, 15) is 4.79 Å². The summed E-state index contributed by atoms with van der Waals surface area (Å²) in [5.41, 5.74) is 3.15. The Balaban J connectivity index is 1.73. The fourth-order valence-electron chi connectivity index (χ4n) is 4.02. The number of nitrogens with zero attached hydrogens (tertiary/aromatic N) is 2. The third kappa shape index (κ3) is 2.77. The van der Waals surface area contributed by atoms with Gasteiger partial charge in [0.15, 0.2) is 0 Å². The zero-order chi connectivity index (χ0) is 15.6. The van der Waals surface area contributed by atoms with Crippen molar-refractivity contribution in [2.24, 2.45) is 0 Å². The predicted molar refractivity (Wildman–Crippen MR) is 86.8 cm³/mol. The molecule has 1 spiro atoms. The summed E-state index contributed by atoms with van der Waals surface area (Å²) < 4.78 is 5.07. The van der Waals surface area contributed by atoms with Crippen LogP contribution in [0.25, 0.3) is 0 Å². The number of likely N-dealkylation sites (tertiary alicyclic amines) is 1. The van der Waals surface area contributed by atoms with E-state index in [4.69, 9.17) is 4.74 Å². The molecule has 0 saturated carbocycles. The van der Waals surface area contributed by atoms with Gasteiger partial charge in [-0.1, -0.05) is 24.3 Å². The normalized spacial score (nSPS) is 21.5. The molecule has 3 rings (SSSR count). The second-order valence-electron chi connectivity index (χ2n) is 6.44. The van der Waals surface area contributed by atoms with Crippen LogP contribution in [0.2, 0.25) is 0 Å². The smallest absolute Gasteiger partial charge is 0.320 e. The van der Waals surface area contributed by atoms with E-state index >= 15 is 0 Å². The number of hydrogen-bond acceptors (Lipinski definition) is 4. The summed E-state index contributed by atoms with van der Waals surface area (Å²) in [6.07, 6.45) is 3.31. The van der Waals surface area contributed by atoms with E-state index in [0.29, 0.717) is 13.2 Å². The number of rotatable bonds is 3. The van der Waals surface area contributed by atoms with Crippen LogP contribution in [0.4, 0.5) is 0 Å². The van der Waals surface area contributed by atoms with Gasteiger partial charge in [0.05, 0.1) is 13.2 Å². The third-order valence-corrected chi connectivity index (χ3v) is 5.31. The van der Waals surface area contributed by atoms with Gasteiger partial charge in [-0.25, -0.2) is 0 Å². The Hall–Kier alpha value is -1.39. The van der Waals surface area contributed by atoms with Crippen LogP contribution in [0.3, 0.4) is 0 Å². The summed E-state index contributed by atoms with van der Waals surface area (Å²) >= 11 is 0. The molecule has 4 nitrogen and oxygen atoms in total. The Morgan fingerprint density at radius 1 is 1.23 bits per heavy atom. The van der Waals surface area contributed by atoms with Gasteiger partial charge in [0.1, 0.15) is 0 Å². The Morgan fingerprint density at radius 2 is 1.95 bits per heavy atom. The van der Waals surface area contributed by atoms with Crippen LogP contribution in [0, 0.1) is 0 Å². The number of likely N-dealkylation sites (N-methyl/N-ethyl adjacent to an activating group) is 1. The molecule has 1 saturated heterocycles. The molecule has 0 radical (unpaired) electrons. The molecule has 1 aromatic carbocycles. The monoisotopic (exact) mass is 302 g/mol. The van der Waals surface area contributed by atoms with Gasteiger partial charge in [-0.3, -0.25) is 14.6 Å². The van der Waals surface area contributed by atoms with Crippen molar-refractivity contribution in [2.45, 2.75) is 31.7 Å². The van der Waals surface area contributed by atoms with Crippen molar-refractivity contribution in [3.05, 3.63) is 35.4 Å². The largest absolute Gasteiger partial charge is 0.465 e. The molecule has 0 N–H and O–H groups in total. The first kappa shape index (κ1) is 15.5. The number of carbonyl (C=O) groups excluding carboxylic acids is 1. The van der Waals surface area contributed by atoms with Crippen molar-refractivity contribution < 1.29 is 9.53 Å². The lowest BCUT2D eigenvalue weighted by atomic mass is 9.74. The maximum atomic E-state index is 11.7. The molecule has 120 valence electrons. The molecule has 22 heavy (non-hydrogen) atoms. The van der Waals surface area contributed by atoms with Crippen LogP contribution in [-0.2, 0) is 21.5 Å². The van der Waals surface area contributed by atoms with Crippen molar-refractivity contribution in [2.75, 3.05) is 39.8 Å². The standard InChI is InChI=1S/C18H26N2O2/c1-3-22-17(21)14-20-12-9-18(10-13-20)16-7-5-4-6-15(16)8-11-19(18)2/h4-7H,3,8-14H2,1-2H3. The van der Waals surface area contributed by atoms with Crippen LogP contribution in [0.1, 0.15) is 30.9 Å². The highest BCUT2D eigenvalue weighted by molar-refractivity contribution is 5.71. The third-order valence-electron chi connectivity index (χ3n) is 5.31. The van der Waals surface area contributed by atoms with Crippen LogP contribution in [-0.4, -0.2) is 55.6 Å². The average Bonchev–Trinajstić information content (AvgIpc) is 2.53. The summed E-state index contributed by atoms with van der Waals surface area (Å²) in [6, 6.07) is 8.87. The maximum absolute atomic E-state index is 11.7. The van der Waals surface area contributed by atoms with Crippen LogP contribution < -0.4 is 0 Å². The highest BCUT2D eigenvalue weighted by Crippen LogP contribution is 2.42. The van der Waals surface area contributed by atoms with Gasteiger partial charge in [-0.15, -0.1) is 0 Å². The lowest BCUT2D eigenvalue weighted by molar-refractivity contribution is -0.145. The fraction of sp³-hybridized carbons (Fsp3) is 0.611. The number of ether oxygens (including phenoxy) is 1. The summed E-state index contributed by atoms with van der Waals surface area (Å²) in [4.78, 5) is 16.4. The van der Waals surface area contributed by atoms with Gasteiger partial charge in [0.25, 0.3) is 0 Å². The zero-order valence-corrected chi connectivity index (χ0v) is 13.7. The minimum Gasteiger partial charge on any atom is -0.465 e.